The molecule has 0 spiro atoms. The molecule has 1 rings (SSSR count). The second-order valence-electron chi connectivity index (χ2n) is 3.53. The number of hydrazine groups is 1. The molecule has 0 aliphatic heterocycles. The van der Waals surface area contributed by atoms with E-state index in [4.69, 9.17) is 5.84 Å². The van der Waals surface area contributed by atoms with Crippen LogP contribution in [-0.4, -0.2) is 28.8 Å². The molecular weight excluding hydrogens is 204 g/mol. The molecule has 0 saturated heterocycles. The fourth-order valence-electron chi connectivity index (χ4n) is 1.28. The van der Waals surface area contributed by atoms with Crippen LogP contribution in [0.25, 0.3) is 0 Å². The van der Waals surface area contributed by atoms with E-state index < -0.39 is 0 Å². The Bertz CT molecular complexity index is 330. The van der Waals surface area contributed by atoms with E-state index in [1.165, 1.54) is 0 Å². The highest BCUT2D eigenvalue weighted by Crippen LogP contribution is 1.93. The minimum absolute atomic E-state index is 0.637. The van der Waals surface area contributed by atoms with Crippen molar-refractivity contribution in [3.05, 3.63) is 18.0 Å². The Morgan fingerprint density at radius 1 is 1.62 bits per heavy atom. The first-order valence-electron chi connectivity index (χ1n) is 5.49. The highest BCUT2D eigenvalue weighted by Gasteiger charge is 1.98. The number of nitrogens with two attached hydrogens (primary N) is 1. The van der Waals surface area contributed by atoms with Gasteiger partial charge in [-0.05, 0) is 12.5 Å². The number of aryl methyl sites for hydroxylation is 1. The molecule has 0 bridgehead atoms. The number of nitrogens with zero attached hydrogens (tertiary/aromatic N) is 3. The molecule has 0 saturated carbocycles. The van der Waals surface area contributed by atoms with E-state index in [1.54, 1.807) is 4.68 Å². The monoisotopic (exact) mass is 224 g/mol. The smallest absolute Gasteiger partial charge is 0.205 e. The van der Waals surface area contributed by atoms with E-state index in [0.29, 0.717) is 5.96 Å². The normalized spacial score (nSPS) is 11.6. The second-order valence-corrected chi connectivity index (χ2v) is 3.53. The lowest BCUT2D eigenvalue weighted by atomic mass is 10.3. The second kappa shape index (κ2) is 6.84. The molecule has 4 N–H and O–H groups in total. The topological polar surface area (TPSA) is 80.3 Å². The lowest BCUT2D eigenvalue weighted by molar-refractivity contribution is 0.724. The molecule has 0 unspecified atom stereocenters. The van der Waals surface area contributed by atoms with Crippen molar-refractivity contribution >= 4 is 5.96 Å². The maximum atomic E-state index is 5.33. The lowest BCUT2D eigenvalue weighted by Gasteiger charge is -2.07. The van der Waals surface area contributed by atoms with Gasteiger partial charge in [-0.3, -0.25) is 15.1 Å². The summed E-state index contributed by atoms with van der Waals surface area (Å²) in [5.41, 5.74) is 3.60. The summed E-state index contributed by atoms with van der Waals surface area (Å²) in [7, 11) is 1.91. The first kappa shape index (κ1) is 12.5. The van der Waals surface area contributed by atoms with Gasteiger partial charge in [-0.1, -0.05) is 6.92 Å². The number of guanidine groups is 1. The van der Waals surface area contributed by atoms with E-state index in [9.17, 15) is 0 Å². The van der Waals surface area contributed by atoms with Crippen molar-refractivity contribution in [2.45, 2.75) is 19.8 Å². The van der Waals surface area contributed by atoms with E-state index in [0.717, 1.165) is 31.6 Å². The molecule has 6 nitrogen and oxygen atoms in total. The lowest BCUT2D eigenvalue weighted by Crippen LogP contribution is -2.42. The van der Waals surface area contributed by atoms with Gasteiger partial charge in [0, 0.05) is 32.8 Å². The van der Waals surface area contributed by atoms with Gasteiger partial charge < -0.3 is 5.32 Å². The average molecular weight is 224 g/mol. The van der Waals surface area contributed by atoms with Crippen LogP contribution in [0, 0.1) is 0 Å². The fourth-order valence-corrected chi connectivity index (χ4v) is 1.28. The molecule has 90 valence electrons. The highest BCUT2D eigenvalue weighted by molar-refractivity contribution is 5.79. The van der Waals surface area contributed by atoms with Crippen LogP contribution in [0.2, 0.25) is 0 Å². The van der Waals surface area contributed by atoms with Gasteiger partial charge in [-0.15, -0.1) is 0 Å². The summed E-state index contributed by atoms with van der Waals surface area (Å²) >= 11 is 0. The van der Waals surface area contributed by atoms with E-state index in [-0.39, 0.29) is 0 Å². The SMILES string of the molecule is CCCN=C(NN)NCCc1ccn(C)n1. The zero-order valence-corrected chi connectivity index (χ0v) is 9.90. The molecule has 0 atom stereocenters. The van der Waals surface area contributed by atoms with Gasteiger partial charge in [-0.25, -0.2) is 5.84 Å². The van der Waals surface area contributed by atoms with E-state index >= 15 is 0 Å². The zero-order valence-electron chi connectivity index (χ0n) is 9.90. The summed E-state index contributed by atoms with van der Waals surface area (Å²) in [6, 6.07) is 2.00. The van der Waals surface area contributed by atoms with Gasteiger partial charge in [0.2, 0.25) is 5.96 Å². The maximum absolute atomic E-state index is 5.33. The Labute approximate surface area is 95.9 Å². The van der Waals surface area contributed by atoms with E-state index in [2.05, 4.69) is 27.8 Å². The summed E-state index contributed by atoms with van der Waals surface area (Å²) in [4.78, 5) is 4.24. The maximum Gasteiger partial charge on any atom is 0.205 e. The van der Waals surface area contributed by atoms with Crippen LogP contribution in [0.15, 0.2) is 17.3 Å². The molecule has 16 heavy (non-hydrogen) atoms. The number of hydrogen-bond donors (Lipinski definition) is 3. The van der Waals surface area contributed by atoms with Crippen LogP contribution < -0.4 is 16.6 Å². The largest absolute Gasteiger partial charge is 0.355 e. The number of hydrogen-bond acceptors (Lipinski definition) is 3. The van der Waals surface area contributed by atoms with Crippen molar-refractivity contribution in [1.82, 2.24) is 20.5 Å². The van der Waals surface area contributed by atoms with Crippen molar-refractivity contribution < 1.29 is 0 Å². The van der Waals surface area contributed by atoms with Gasteiger partial charge >= 0.3 is 0 Å². The van der Waals surface area contributed by atoms with Gasteiger partial charge in [0.15, 0.2) is 0 Å². The number of nitrogens with one attached hydrogen (secondary N) is 2. The minimum atomic E-state index is 0.637. The Kier molecular flexibility index (Phi) is 5.35. The van der Waals surface area contributed by atoms with Crippen molar-refractivity contribution in [2.24, 2.45) is 17.9 Å². The first-order valence-corrected chi connectivity index (χ1v) is 5.49. The summed E-state index contributed by atoms with van der Waals surface area (Å²) < 4.78 is 1.79. The van der Waals surface area contributed by atoms with Gasteiger partial charge in [0.1, 0.15) is 0 Å². The minimum Gasteiger partial charge on any atom is -0.355 e. The first-order chi connectivity index (χ1) is 7.76. The molecule has 0 radical (unpaired) electrons. The summed E-state index contributed by atoms with van der Waals surface area (Å²) in [6.45, 7) is 3.62. The third-order valence-electron chi connectivity index (χ3n) is 2.07. The third kappa shape index (κ3) is 4.31. The van der Waals surface area contributed by atoms with E-state index in [1.807, 2.05) is 19.3 Å². The average Bonchev–Trinajstić information content (AvgIpc) is 2.69. The van der Waals surface area contributed by atoms with Crippen LogP contribution in [0.3, 0.4) is 0 Å². The summed E-state index contributed by atoms with van der Waals surface area (Å²) in [5, 5.41) is 7.41. The third-order valence-corrected chi connectivity index (χ3v) is 2.07. The van der Waals surface area contributed by atoms with Crippen LogP contribution >= 0.6 is 0 Å². The number of rotatable bonds is 5. The van der Waals surface area contributed by atoms with Crippen molar-refractivity contribution in [1.29, 1.82) is 0 Å². The Balaban J connectivity index is 2.28. The molecule has 1 aromatic heterocycles. The fraction of sp³-hybridized carbons (Fsp3) is 0.600. The summed E-state index contributed by atoms with van der Waals surface area (Å²) in [6.07, 6.45) is 3.80. The van der Waals surface area contributed by atoms with Crippen LogP contribution in [0.4, 0.5) is 0 Å². The quantitative estimate of drug-likeness (QED) is 0.280. The van der Waals surface area contributed by atoms with Crippen molar-refractivity contribution in [3.8, 4) is 0 Å². The molecule has 6 heteroatoms. The zero-order chi connectivity index (χ0) is 11.8. The molecular formula is C10H20N6. The van der Waals surface area contributed by atoms with Crippen molar-refractivity contribution in [2.75, 3.05) is 13.1 Å². The standard InChI is InChI=1S/C10H20N6/c1-3-6-12-10(14-11)13-7-4-9-5-8-16(2)15-9/h5,8H,3-4,6-7,11H2,1-2H3,(H2,12,13,14). The Morgan fingerprint density at radius 3 is 3.00 bits per heavy atom. The Hall–Kier alpha value is -1.56. The molecule has 0 aliphatic rings. The predicted octanol–water partition coefficient (Wildman–Crippen LogP) is -0.218. The molecule has 0 aromatic carbocycles. The van der Waals surface area contributed by atoms with Crippen LogP contribution in [-0.2, 0) is 13.5 Å². The van der Waals surface area contributed by atoms with Gasteiger partial charge in [0.25, 0.3) is 0 Å². The van der Waals surface area contributed by atoms with Crippen molar-refractivity contribution in [3.63, 3.8) is 0 Å². The van der Waals surface area contributed by atoms with Crippen LogP contribution in [0.5, 0.6) is 0 Å². The highest BCUT2D eigenvalue weighted by atomic mass is 15.3. The van der Waals surface area contributed by atoms with Crippen LogP contribution in [0.1, 0.15) is 19.0 Å². The number of aromatic nitrogens is 2. The predicted molar refractivity (Wildman–Crippen MR) is 64.8 cm³/mol. The van der Waals surface area contributed by atoms with Gasteiger partial charge in [0.05, 0.1) is 5.69 Å². The molecule has 0 amide bonds. The van der Waals surface area contributed by atoms with Gasteiger partial charge in [-0.2, -0.15) is 5.10 Å². The molecule has 1 heterocycles. The molecule has 0 fully saturated rings. The number of aliphatic imine (C=N–C) groups is 1. The molecule has 0 aliphatic carbocycles. The molecule has 1 aromatic rings. The summed E-state index contributed by atoms with van der Waals surface area (Å²) in [5.74, 6) is 5.97. The Morgan fingerprint density at radius 2 is 2.44 bits per heavy atom.